The summed E-state index contributed by atoms with van der Waals surface area (Å²) in [5, 5.41) is 12.9. The monoisotopic (exact) mass is 397 g/mol. The first kappa shape index (κ1) is 18.6. The molecule has 0 aliphatic heterocycles. The summed E-state index contributed by atoms with van der Waals surface area (Å²) in [6, 6.07) is 9.73. The van der Waals surface area contributed by atoms with Gasteiger partial charge in [0.1, 0.15) is 12.1 Å². The van der Waals surface area contributed by atoms with E-state index in [1.165, 1.54) is 17.1 Å². The van der Waals surface area contributed by atoms with Crippen LogP contribution in [0.15, 0.2) is 48.8 Å². The maximum absolute atomic E-state index is 12.8. The molecule has 0 spiro atoms. The maximum atomic E-state index is 12.8. The molecule has 0 saturated carbocycles. The van der Waals surface area contributed by atoms with Crippen molar-refractivity contribution < 1.29 is 22.7 Å². The van der Waals surface area contributed by atoms with E-state index in [4.69, 9.17) is 16.3 Å². The number of halogens is 4. The SMILES string of the molecule is O=C(COc1ccc(Cl)c(C(F)(F)F)c1)Nc1cccc(-n2cnnn2)c1. The van der Waals surface area contributed by atoms with Gasteiger partial charge in [0.05, 0.1) is 16.3 Å². The predicted octanol–water partition coefficient (Wildman–Crippen LogP) is 3.35. The minimum absolute atomic E-state index is 0.121. The van der Waals surface area contributed by atoms with Crippen LogP contribution >= 0.6 is 11.6 Å². The third-order valence-corrected chi connectivity index (χ3v) is 3.69. The molecule has 0 aliphatic rings. The van der Waals surface area contributed by atoms with Crippen LogP contribution in [-0.2, 0) is 11.0 Å². The van der Waals surface area contributed by atoms with Gasteiger partial charge in [-0.25, -0.2) is 4.68 Å². The summed E-state index contributed by atoms with van der Waals surface area (Å²) in [5.74, 6) is -0.670. The van der Waals surface area contributed by atoms with Crippen LogP contribution in [0.2, 0.25) is 5.02 Å². The van der Waals surface area contributed by atoms with Crippen molar-refractivity contribution in [3.8, 4) is 11.4 Å². The van der Waals surface area contributed by atoms with Crippen LogP contribution in [0.25, 0.3) is 5.69 Å². The van der Waals surface area contributed by atoms with Gasteiger partial charge in [-0.1, -0.05) is 17.7 Å². The third-order valence-electron chi connectivity index (χ3n) is 3.36. The molecular weight excluding hydrogens is 387 g/mol. The molecule has 1 amide bonds. The molecule has 27 heavy (non-hydrogen) atoms. The van der Waals surface area contributed by atoms with Crippen molar-refractivity contribution in [3.05, 3.63) is 59.4 Å². The van der Waals surface area contributed by atoms with Crippen molar-refractivity contribution in [1.82, 2.24) is 20.2 Å². The molecule has 2 aromatic carbocycles. The molecule has 140 valence electrons. The number of aromatic nitrogens is 4. The summed E-state index contributed by atoms with van der Waals surface area (Å²) in [5.41, 5.74) is 0.0335. The first-order valence-electron chi connectivity index (χ1n) is 7.46. The number of nitrogens with zero attached hydrogens (tertiary/aromatic N) is 4. The summed E-state index contributed by atoms with van der Waals surface area (Å²) < 4.78 is 45.0. The molecule has 0 bridgehead atoms. The zero-order valence-corrected chi connectivity index (χ0v) is 14.2. The number of carbonyl (C=O) groups excluding carboxylic acids is 1. The summed E-state index contributed by atoms with van der Waals surface area (Å²) in [4.78, 5) is 12.0. The van der Waals surface area contributed by atoms with Gasteiger partial charge < -0.3 is 10.1 Å². The average molecular weight is 398 g/mol. The smallest absolute Gasteiger partial charge is 0.417 e. The van der Waals surface area contributed by atoms with E-state index in [-0.39, 0.29) is 5.75 Å². The van der Waals surface area contributed by atoms with Crippen molar-refractivity contribution in [2.24, 2.45) is 0 Å². The molecule has 1 heterocycles. The zero-order valence-electron chi connectivity index (χ0n) is 13.4. The Morgan fingerprint density at radius 1 is 1.22 bits per heavy atom. The number of benzene rings is 2. The van der Waals surface area contributed by atoms with Gasteiger partial charge in [-0.3, -0.25) is 4.79 Å². The Morgan fingerprint density at radius 2 is 2.04 bits per heavy atom. The quantitative estimate of drug-likeness (QED) is 0.714. The van der Waals surface area contributed by atoms with Crippen molar-refractivity contribution in [2.75, 3.05) is 11.9 Å². The number of hydrogen-bond acceptors (Lipinski definition) is 5. The second-order valence-electron chi connectivity index (χ2n) is 5.28. The first-order chi connectivity index (χ1) is 12.8. The van der Waals surface area contributed by atoms with Crippen molar-refractivity contribution >= 4 is 23.2 Å². The molecule has 0 aliphatic carbocycles. The van der Waals surface area contributed by atoms with Crippen molar-refractivity contribution in [2.45, 2.75) is 6.18 Å². The van der Waals surface area contributed by atoms with Gasteiger partial charge in [0.15, 0.2) is 6.61 Å². The molecule has 11 heteroatoms. The van der Waals surface area contributed by atoms with E-state index in [2.05, 4.69) is 20.8 Å². The minimum Gasteiger partial charge on any atom is -0.484 e. The van der Waals surface area contributed by atoms with Crippen LogP contribution in [0.3, 0.4) is 0 Å². The number of nitrogens with one attached hydrogen (secondary N) is 1. The largest absolute Gasteiger partial charge is 0.484 e. The lowest BCUT2D eigenvalue weighted by Crippen LogP contribution is -2.20. The molecule has 1 N–H and O–H groups in total. The Hall–Kier alpha value is -3.14. The van der Waals surface area contributed by atoms with Crippen molar-refractivity contribution in [3.63, 3.8) is 0 Å². The van der Waals surface area contributed by atoms with E-state index in [0.717, 1.165) is 12.1 Å². The van der Waals surface area contributed by atoms with Gasteiger partial charge in [-0.15, -0.1) is 5.10 Å². The van der Waals surface area contributed by atoms with Crippen LogP contribution in [0.5, 0.6) is 5.75 Å². The third kappa shape index (κ3) is 4.73. The van der Waals surface area contributed by atoms with E-state index in [9.17, 15) is 18.0 Å². The standard InChI is InChI=1S/C16H11ClF3N5O2/c17-14-5-4-12(7-13(14)16(18,19)20)27-8-15(26)22-10-2-1-3-11(6-10)25-9-21-23-24-25/h1-7,9H,8H2,(H,22,26). The molecule has 0 radical (unpaired) electrons. The van der Waals surface area contributed by atoms with Gasteiger partial charge in [0, 0.05) is 5.69 Å². The fourth-order valence-corrected chi connectivity index (χ4v) is 2.39. The molecule has 0 saturated heterocycles. The van der Waals surface area contributed by atoms with Crippen LogP contribution in [0.1, 0.15) is 5.56 Å². The summed E-state index contributed by atoms with van der Waals surface area (Å²) in [6.07, 6.45) is -3.22. The molecule has 0 fully saturated rings. The van der Waals surface area contributed by atoms with E-state index in [0.29, 0.717) is 11.4 Å². The normalized spacial score (nSPS) is 11.3. The summed E-state index contributed by atoms with van der Waals surface area (Å²) in [7, 11) is 0. The number of ether oxygens (including phenoxy) is 1. The highest BCUT2D eigenvalue weighted by Crippen LogP contribution is 2.36. The molecule has 3 aromatic rings. The Balaban J connectivity index is 1.63. The fourth-order valence-electron chi connectivity index (χ4n) is 2.16. The topological polar surface area (TPSA) is 81.9 Å². The molecular formula is C16H11ClF3N5O2. The number of carbonyl (C=O) groups is 1. The van der Waals surface area contributed by atoms with Crippen LogP contribution in [0.4, 0.5) is 18.9 Å². The molecule has 7 nitrogen and oxygen atoms in total. The Bertz CT molecular complexity index is 947. The number of alkyl halides is 3. The maximum Gasteiger partial charge on any atom is 0.417 e. The number of tetrazole rings is 1. The highest BCUT2D eigenvalue weighted by Gasteiger charge is 2.33. The molecule has 0 unspecified atom stereocenters. The summed E-state index contributed by atoms with van der Waals surface area (Å²) in [6.45, 7) is -0.478. The second-order valence-corrected chi connectivity index (χ2v) is 5.69. The molecule has 1 aromatic heterocycles. The van der Waals surface area contributed by atoms with E-state index in [1.807, 2.05) is 0 Å². The van der Waals surface area contributed by atoms with Crippen LogP contribution in [0, 0.1) is 0 Å². The van der Waals surface area contributed by atoms with E-state index >= 15 is 0 Å². The highest BCUT2D eigenvalue weighted by atomic mass is 35.5. The molecule has 0 atom stereocenters. The molecule has 3 rings (SSSR count). The lowest BCUT2D eigenvalue weighted by atomic mass is 10.2. The number of amides is 1. The van der Waals surface area contributed by atoms with Crippen LogP contribution < -0.4 is 10.1 Å². The second kappa shape index (κ2) is 7.62. The summed E-state index contributed by atoms with van der Waals surface area (Å²) >= 11 is 5.54. The predicted molar refractivity (Wildman–Crippen MR) is 89.7 cm³/mol. The average Bonchev–Trinajstić information content (AvgIpc) is 3.15. The van der Waals surface area contributed by atoms with Gasteiger partial charge in [0.25, 0.3) is 5.91 Å². The van der Waals surface area contributed by atoms with E-state index in [1.54, 1.807) is 24.3 Å². The lowest BCUT2D eigenvalue weighted by Gasteiger charge is -2.12. The number of rotatable bonds is 5. The first-order valence-corrected chi connectivity index (χ1v) is 7.83. The van der Waals surface area contributed by atoms with E-state index < -0.39 is 29.3 Å². The fraction of sp³-hybridized carbons (Fsp3) is 0.125. The van der Waals surface area contributed by atoms with Crippen molar-refractivity contribution in [1.29, 1.82) is 0 Å². The Labute approximate surface area is 155 Å². The Kier molecular flexibility index (Phi) is 5.26. The number of hydrogen-bond donors (Lipinski definition) is 1. The van der Waals surface area contributed by atoms with Gasteiger partial charge in [0.2, 0.25) is 0 Å². The zero-order chi connectivity index (χ0) is 19.4. The van der Waals surface area contributed by atoms with Gasteiger partial charge in [-0.2, -0.15) is 13.2 Å². The number of anilines is 1. The lowest BCUT2D eigenvalue weighted by molar-refractivity contribution is -0.137. The minimum atomic E-state index is -4.62. The van der Waals surface area contributed by atoms with Crippen LogP contribution in [-0.4, -0.2) is 32.7 Å². The van der Waals surface area contributed by atoms with Gasteiger partial charge >= 0.3 is 6.18 Å². The Morgan fingerprint density at radius 3 is 2.74 bits per heavy atom. The highest BCUT2D eigenvalue weighted by molar-refractivity contribution is 6.31. The van der Waals surface area contributed by atoms with Gasteiger partial charge in [-0.05, 0) is 46.8 Å².